The summed E-state index contributed by atoms with van der Waals surface area (Å²) >= 11 is 0. The van der Waals surface area contributed by atoms with Crippen LogP contribution in [0.15, 0.2) is 0 Å². The van der Waals surface area contributed by atoms with Gasteiger partial charge in [-0.2, -0.15) is 0 Å². The van der Waals surface area contributed by atoms with E-state index in [1.807, 2.05) is 0 Å². The second kappa shape index (κ2) is 42.7. The summed E-state index contributed by atoms with van der Waals surface area (Å²) < 4.78 is 33.7. The third-order valence-electron chi connectivity index (χ3n) is 13.2. The molecule has 14 heteroatoms. The lowest BCUT2D eigenvalue weighted by Gasteiger charge is -2.41. The number of aliphatic hydroxyl groups excluding tert-OH is 5. The smallest absolute Gasteiger partial charge is 0.462 e. The molecular weight excluding hydrogens is 864 g/mol. The van der Waals surface area contributed by atoms with Crippen molar-refractivity contribution in [3.05, 3.63) is 0 Å². The van der Waals surface area contributed by atoms with Gasteiger partial charge in [-0.05, 0) is 12.8 Å². The number of carbonyl (C=O) groups is 2. The summed E-state index contributed by atoms with van der Waals surface area (Å²) in [5.74, 6) is -1.08. The Morgan fingerprint density at radius 1 is 0.409 bits per heavy atom. The van der Waals surface area contributed by atoms with Crippen LogP contribution in [-0.4, -0.2) is 98.3 Å². The standard InChI is InChI=1S/C52H101O13P/c1-3-5-7-9-11-13-15-17-19-21-23-25-26-28-30-32-34-36-38-40-45(53)62-42-44(43-63-66(60,61)65-52-50(58)48(56)47(55)49(57)51(52)59)64-46(54)41-39-37-35-33-31-29-27-24-22-20-18-16-14-12-10-8-6-4-2/h44,47-52,55-59H,3-43H2,1-2H3,(H,60,61)/t44-,47?,48-,49?,50?,51?,52?/m0/s1. The fraction of sp³-hybridized carbons (Fsp3) is 0.962. The van der Waals surface area contributed by atoms with Crippen LogP contribution < -0.4 is 0 Å². The van der Waals surface area contributed by atoms with Gasteiger partial charge in [-0.15, -0.1) is 0 Å². The molecule has 392 valence electrons. The van der Waals surface area contributed by atoms with Crippen molar-refractivity contribution >= 4 is 19.8 Å². The lowest BCUT2D eigenvalue weighted by molar-refractivity contribution is -0.220. The Balaban J connectivity index is 2.35. The van der Waals surface area contributed by atoms with Gasteiger partial charge in [-0.1, -0.05) is 239 Å². The molecule has 0 aromatic heterocycles. The first-order chi connectivity index (χ1) is 31.9. The molecule has 66 heavy (non-hydrogen) atoms. The highest BCUT2D eigenvalue weighted by atomic mass is 31.2. The quantitative estimate of drug-likeness (QED) is 0.0191. The van der Waals surface area contributed by atoms with Crippen LogP contribution in [0.3, 0.4) is 0 Å². The van der Waals surface area contributed by atoms with Gasteiger partial charge in [-0.3, -0.25) is 18.6 Å². The molecule has 1 rings (SSSR count). The van der Waals surface area contributed by atoms with Crippen LogP contribution in [0, 0.1) is 0 Å². The first-order valence-electron chi connectivity index (χ1n) is 27.3. The largest absolute Gasteiger partial charge is 0.472 e. The maximum absolute atomic E-state index is 12.9. The maximum atomic E-state index is 12.9. The average molecular weight is 965 g/mol. The van der Waals surface area contributed by atoms with Crippen molar-refractivity contribution in [2.75, 3.05) is 13.2 Å². The minimum atomic E-state index is -5.12. The van der Waals surface area contributed by atoms with Crippen molar-refractivity contribution in [1.82, 2.24) is 0 Å². The lowest BCUT2D eigenvalue weighted by atomic mass is 9.85. The summed E-state index contributed by atoms with van der Waals surface area (Å²) in [4.78, 5) is 35.9. The van der Waals surface area contributed by atoms with Gasteiger partial charge in [0.1, 0.15) is 43.2 Å². The van der Waals surface area contributed by atoms with Gasteiger partial charge < -0.3 is 39.9 Å². The fourth-order valence-electron chi connectivity index (χ4n) is 8.82. The molecule has 1 aliphatic carbocycles. The van der Waals surface area contributed by atoms with E-state index in [9.17, 15) is 44.6 Å². The van der Waals surface area contributed by atoms with Gasteiger partial charge in [-0.25, -0.2) is 4.57 Å². The molecule has 1 aliphatic rings. The molecule has 0 bridgehead atoms. The molecule has 0 spiro atoms. The molecule has 0 radical (unpaired) electrons. The molecule has 1 fully saturated rings. The molecule has 6 N–H and O–H groups in total. The SMILES string of the molecule is CCCCCCCCCCCCCCCCCCCCCC(=O)OC[C@@H](COP(=O)(O)OC1C(O)C(O)C(O)[C@H](O)C1O)OC(=O)CCCCCCCCCCCCCCCCCCCC. The van der Waals surface area contributed by atoms with Crippen LogP contribution in [0.25, 0.3) is 0 Å². The summed E-state index contributed by atoms with van der Waals surface area (Å²) in [6.07, 6.45) is 32.9. The third-order valence-corrected chi connectivity index (χ3v) is 14.2. The molecule has 13 nitrogen and oxygen atoms in total. The number of unbranched alkanes of at least 4 members (excludes halogenated alkanes) is 35. The number of phosphoric ester groups is 1. The van der Waals surface area contributed by atoms with Crippen molar-refractivity contribution in [3.63, 3.8) is 0 Å². The molecule has 0 aromatic carbocycles. The summed E-state index contributed by atoms with van der Waals surface area (Å²) in [6.45, 7) is 3.36. The Morgan fingerprint density at radius 3 is 1.00 bits per heavy atom. The molecule has 1 saturated carbocycles. The van der Waals surface area contributed by atoms with Gasteiger partial charge in [0.2, 0.25) is 0 Å². The number of aliphatic hydroxyl groups is 5. The Bertz CT molecular complexity index is 1160. The Labute approximate surface area is 401 Å². The zero-order valence-electron chi connectivity index (χ0n) is 42.0. The van der Waals surface area contributed by atoms with E-state index < -0.39 is 75.7 Å². The van der Waals surface area contributed by atoms with E-state index >= 15 is 0 Å². The van der Waals surface area contributed by atoms with E-state index in [1.165, 1.54) is 186 Å². The normalized spacial score (nSPS) is 21.2. The van der Waals surface area contributed by atoms with Gasteiger partial charge in [0, 0.05) is 12.8 Å². The predicted octanol–water partition coefficient (Wildman–Crippen LogP) is 12.0. The first-order valence-corrected chi connectivity index (χ1v) is 28.8. The predicted molar refractivity (Wildman–Crippen MR) is 263 cm³/mol. The number of ether oxygens (including phenoxy) is 2. The zero-order valence-corrected chi connectivity index (χ0v) is 42.9. The molecule has 0 amide bonds. The Hall–Kier alpha value is -1.15. The summed E-state index contributed by atoms with van der Waals surface area (Å²) in [6, 6.07) is 0. The highest BCUT2D eigenvalue weighted by molar-refractivity contribution is 7.47. The highest BCUT2D eigenvalue weighted by Gasteiger charge is 2.51. The zero-order chi connectivity index (χ0) is 48.5. The molecule has 0 aromatic rings. The Kier molecular flexibility index (Phi) is 40.7. The number of carbonyl (C=O) groups excluding carboxylic acids is 2. The molecule has 6 unspecified atom stereocenters. The average Bonchev–Trinajstić information content (AvgIpc) is 3.30. The monoisotopic (exact) mass is 965 g/mol. The molecule has 0 heterocycles. The van der Waals surface area contributed by atoms with Crippen LogP contribution in [0.2, 0.25) is 0 Å². The molecule has 0 saturated heterocycles. The van der Waals surface area contributed by atoms with Crippen LogP contribution >= 0.6 is 7.82 Å². The summed E-state index contributed by atoms with van der Waals surface area (Å²) in [5, 5.41) is 50.3. The molecular formula is C52H101O13P. The van der Waals surface area contributed by atoms with Gasteiger partial charge >= 0.3 is 19.8 Å². The van der Waals surface area contributed by atoms with Gasteiger partial charge in [0.05, 0.1) is 6.61 Å². The van der Waals surface area contributed by atoms with Crippen molar-refractivity contribution in [3.8, 4) is 0 Å². The molecule has 0 aliphatic heterocycles. The number of phosphoric acid groups is 1. The van der Waals surface area contributed by atoms with E-state index in [2.05, 4.69) is 13.8 Å². The number of rotatable bonds is 47. The van der Waals surface area contributed by atoms with Crippen LogP contribution in [-0.2, 0) is 32.7 Å². The highest BCUT2D eigenvalue weighted by Crippen LogP contribution is 2.47. The van der Waals surface area contributed by atoms with E-state index in [4.69, 9.17) is 18.5 Å². The van der Waals surface area contributed by atoms with E-state index in [0.717, 1.165) is 38.5 Å². The van der Waals surface area contributed by atoms with E-state index in [-0.39, 0.29) is 12.8 Å². The van der Waals surface area contributed by atoms with E-state index in [1.54, 1.807) is 0 Å². The van der Waals surface area contributed by atoms with E-state index in [0.29, 0.717) is 12.8 Å². The van der Waals surface area contributed by atoms with Crippen molar-refractivity contribution in [1.29, 1.82) is 0 Å². The fourth-order valence-corrected chi connectivity index (χ4v) is 9.79. The minimum Gasteiger partial charge on any atom is -0.462 e. The number of esters is 2. The first kappa shape index (κ1) is 62.9. The second-order valence-corrected chi connectivity index (χ2v) is 20.9. The topological polar surface area (TPSA) is 210 Å². The summed E-state index contributed by atoms with van der Waals surface area (Å²) in [5.41, 5.74) is 0. The maximum Gasteiger partial charge on any atom is 0.472 e. The van der Waals surface area contributed by atoms with Crippen molar-refractivity contribution in [2.24, 2.45) is 0 Å². The van der Waals surface area contributed by atoms with Crippen molar-refractivity contribution in [2.45, 2.75) is 307 Å². The third kappa shape index (κ3) is 34.2. The number of hydrogen-bond donors (Lipinski definition) is 6. The molecule has 8 atom stereocenters. The second-order valence-electron chi connectivity index (χ2n) is 19.5. The van der Waals surface area contributed by atoms with Gasteiger partial charge in [0.15, 0.2) is 6.10 Å². The lowest BCUT2D eigenvalue weighted by Crippen LogP contribution is -2.64. The van der Waals surface area contributed by atoms with Crippen LogP contribution in [0.5, 0.6) is 0 Å². The van der Waals surface area contributed by atoms with Crippen molar-refractivity contribution < 1.29 is 63.1 Å². The van der Waals surface area contributed by atoms with Gasteiger partial charge in [0.25, 0.3) is 0 Å². The van der Waals surface area contributed by atoms with Crippen LogP contribution in [0.1, 0.15) is 264 Å². The number of hydrogen-bond acceptors (Lipinski definition) is 12. The minimum absolute atomic E-state index is 0.106. The van der Waals surface area contributed by atoms with Crippen LogP contribution in [0.4, 0.5) is 0 Å². The Morgan fingerprint density at radius 2 is 0.682 bits per heavy atom. The summed E-state index contributed by atoms with van der Waals surface area (Å²) in [7, 11) is -5.12.